The van der Waals surface area contributed by atoms with E-state index in [2.05, 4.69) is 0 Å². The summed E-state index contributed by atoms with van der Waals surface area (Å²) >= 11 is 0. The monoisotopic (exact) mass is 556 g/mol. The first-order valence-corrected chi connectivity index (χ1v) is 13.6. The lowest BCUT2D eigenvalue weighted by atomic mass is 10.2. The third-order valence-electron chi connectivity index (χ3n) is 5.33. The highest BCUT2D eigenvalue weighted by molar-refractivity contribution is 7.91. The van der Waals surface area contributed by atoms with Gasteiger partial charge in [-0.1, -0.05) is 18.2 Å². The molecule has 198 valence electrons. The Hall–Kier alpha value is -3.42. The minimum atomic E-state index is -5.07. The van der Waals surface area contributed by atoms with Gasteiger partial charge in [-0.25, -0.2) is 21.6 Å². The Bertz CT molecular complexity index is 1480. The molecule has 8 nitrogen and oxygen atoms in total. The number of nitrogens with zero attached hydrogens (tertiary/aromatic N) is 1. The lowest BCUT2D eigenvalue weighted by Gasteiger charge is -2.19. The van der Waals surface area contributed by atoms with E-state index in [1.165, 1.54) is 55.5 Å². The molecule has 0 saturated carbocycles. The molecule has 0 fully saturated rings. The smallest absolute Gasteiger partial charge is 0.417 e. The molecule has 0 aromatic heterocycles. The third-order valence-corrected chi connectivity index (χ3v) is 8.60. The molecule has 0 heterocycles. The van der Waals surface area contributed by atoms with Gasteiger partial charge in [-0.3, -0.25) is 4.79 Å². The molecule has 3 aromatic rings. The van der Waals surface area contributed by atoms with Crippen molar-refractivity contribution in [3.05, 3.63) is 83.9 Å². The molecule has 13 heteroatoms. The topological polar surface area (TPSA) is 110 Å². The Morgan fingerprint density at radius 1 is 0.919 bits per heavy atom. The molecule has 0 saturated heterocycles. The molecular formula is C24H23F3N2O6S2. The van der Waals surface area contributed by atoms with Crippen LogP contribution in [0.15, 0.2) is 87.5 Å². The van der Waals surface area contributed by atoms with Crippen LogP contribution in [0.2, 0.25) is 0 Å². The lowest BCUT2D eigenvalue weighted by molar-refractivity contribution is -0.139. The van der Waals surface area contributed by atoms with Crippen LogP contribution in [-0.4, -0.2) is 54.9 Å². The molecule has 0 aliphatic rings. The van der Waals surface area contributed by atoms with E-state index >= 15 is 0 Å². The van der Waals surface area contributed by atoms with Gasteiger partial charge in [0.2, 0.25) is 19.9 Å². The van der Waals surface area contributed by atoms with Gasteiger partial charge >= 0.3 is 6.18 Å². The number of nitrogens with one attached hydrogen (secondary N) is 1. The average Bonchev–Trinajstić information content (AvgIpc) is 2.87. The predicted octanol–water partition coefficient (Wildman–Crippen LogP) is 3.60. The van der Waals surface area contributed by atoms with Crippen LogP contribution in [0.1, 0.15) is 15.9 Å². The summed E-state index contributed by atoms with van der Waals surface area (Å²) in [5.74, 6) is 0.0812. The first kappa shape index (κ1) is 28.2. The van der Waals surface area contributed by atoms with Gasteiger partial charge in [0, 0.05) is 25.7 Å². The van der Waals surface area contributed by atoms with Gasteiger partial charge < -0.3 is 9.64 Å². The normalized spacial score (nSPS) is 12.2. The molecule has 3 aromatic carbocycles. The van der Waals surface area contributed by atoms with Gasteiger partial charge in [0.15, 0.2) is 0 Å². The highest BCUT2D eigenvalue weighted by Crippen LogP contribution is 2.36. The highest BCUT2D eigenvalue weighted by Gasteiger charge is 2.38. The summed E-state index contributed by atoms with van der Waals surface area (Å²) in [6, 6.07) is 14.7. The van der Waals surface area contributed by atoms with Crippen molar-refractivity contribution >= 4 is 25.8 Å². The number of amides is 1. The maximum absolute atomic E-state index is 13.6. The Morgan fingerprint density at radius 3 is 2.11 bits per heavy atom. The number of carbonyl (C=O) groups is 1. The SMILES string of the molecule is COc1ccc(C(=O)N(C)CCNS(=O)(=O)c2cc(S(=O)(=O)c3ccccc3)ccc2C(F)(F)F)cc1. The van der Waals surface area contributed by atoms with Gasteiger partial charge in [-0.15, -0.1) is 0 Å². The third kappa shape index (κ3) is 6.48. The number of hydrogen-bond donors (Lipinski definition) is 1. The van der Waals surface area contributed by atoms with Crippen LogP contribution >= 0.6 is 0 Å². The second kappa shape index (κ2) is 10.9. The second-order valence-corrected chi connectivity index (χ2v) is 11.5. The fourth-order valence-corrected chi connectivity index (χ4v) is 6.00. The molecule has 0 bridgehead atoms. The molecule has 0 aliphatic heterocycles. The van der Waals surface area contributed by atoms with E-state index in [0.29, 0.717) is 29.5 Å². The van der Waals surface area contributed by atoms with Gasteiger partial charge in [0.1, 0.15) is 5.75 Å². The number of methoxy groups -OCH3 is 1. The van der Waals surface area contributed by atoms with Gasteiger partial charge in [0.25, 0.3) is 5.91 Å². The predicted molar refractivity (Wildman–Crippen MR) is 128 cm³/mol. The van der Waals surface area contributed by atoms with E-state index in [0.717, 1.165) is 0 Å². The van der Waals surface area contributed by atoms with Crippen LogP contribution < -0.4 is 9.46 Å². The van der Waals surface area contributed by atoms with Gasteiger partial charge in [-0.2, -0.15) is 13.2 Å². The van der Waals surface area contributed by atoms with Crippen molar-refractivity contribution in [3.8, 4) is 5.75 Å². The molecule has 0 radical (unpaired) electrons. The maximum atomic E-state index is 13.6. The van der Waals surface area contributed by atoms with E-state index in [1.807, 2.05) is 4.72 Å². The number of halogens is 3. The maximum Gasteiger partial charge on any atom is 0.417 e. The largest absolute Gasteiger partial charge is 0.497 e. The second-order valence-electron chi connectivity index (χ2n) is 7.83. The minimum Gasteiger partial charge on any atom is -0.497 e. The molecule has 0 spiro atoms. The molecule has 1 N–H and O–H groups in total. The van der Waals surface area contributed by atoms with Crippen LogP contribution in [0.4, 0.5) is 13.2 Å². The van der Waals surface area contributed by atoms with Crippen molar-refractivity contribution in [2.24, 2.45) is 0 Å². The van der Waals surface area contributed by atoms with Crippen molar-refractivity contribution in [3.63, 3.8) is 0 Å². The molecule has 0 aliphatic carbocycles. The zero-order valence-corrected chi connectivity index (χ0v) is 21.3. The minimum absolute atomic E-state index is 0.173. The molecule has 3 rings (SSSR count). The summed E-state index contributed by atoms with van der Waals surface area (Å²) in [7, 11) is -6.25. The average molecular weight is 557 g/mol. The standard InChI is InChI=1S/C24H23F3N2O6S2/c1-29(23(30)17-8-10-18(35-2)11-9-17)15-14-28-37(33,34)22-16-20(12-13-21(22)24(25,26)27)36(31,32)19-6-4-3-5-7-19/h3-13,16,28H,14-15H2,1-2H3. The number of rotatable bonds is 9. The number of sulfonamides is 1. The van der Waals surface area contributed by atoms with Crippen molar-refractivity contribution in [1.29, 1.82) is 0 Å². The zero-order valence-electron chi connectivity index (χ0n) is 19.7. The molecule has 1 amide bonds. The van der Waals surface area contributed by atoms with Crippen molar-refractivity contribution < 1.29 is 39.5 Å². The number of alkyl halides is 3. The number of hydrogen-bond acceptors (Lipinski definition) is 6. The summed E-state index contributed by atoms with van der Waals surface area (Å²) < 4.78 is 99.4. The van der Waals surface area contributed by atoms with Crippen LogP contribution in [-0.2, 0) is 26.0 Å². The van der Waals surface area contributed by atoms with Gasteiger partial charge in [0.05, 0.1) is 27.4 Å². The molecule has 0 unspecified atom stereocenters. The Kier molecular flexibility index (Phi) is 8.30. The van der Waals surface area contributed by atoms with E-state index in [4.69, 9.17) is 4.74 Å². The summed E-state index contributed by atoms with van der Waals surface area (Å²) in [6.07, 6.45) is -5.07. The van der Waals surface area contributed by atoms with Crippen LogP contribution in [0.3, 0.4) is 0 Å². The number of likely N-dealkylation sites (N-methyl/N-ethyl adjacent to an activating group) is 1. The van der Waals surface area contributed by atoms with E-state index in [-0.39, 0.29) is 11.4 Å². The summed E-state index contributed by atoms with van der Waals surface area (Å²) in [6.45, 7) is -0.596. The number of benzene rings is 3. The Balaban J connectivity index is 1.84. The van der Waals surface area contributed by atoms with Crippen molar-refractivity contribution in [1.82, 2.24) is 9.62 Å². The van der Waals surface area contributed by atoms with Gasteiger partial charge in [-0.05, 0) is 54.6 Å². The van der Waals surface area contributed by atoms with E-state index < -0.39 is 53.8 Å². The Morgan fingerprint density at radius 2 is 1.54 bits per heavy atom. The Labute approximate surface area is 212 Å². The molecular weight excluding hydrogens is 533 g/mol. The highest BCUT2D eigenvalue weighted by atomic mass is 32.2. The fourth-order valence-electron chi connectivity index (χ4n) is 3.34. The quantitative estimate of drug-likeness (QED) is 0.432. The summed E-state index contributed by atoms with van der Waals surface area (Å²) in [4.78, 5) is 11.7. The fraction of sp³-hybridized carbons (Fsp3) is 0.208. The summed E-state index contributed by atoms with van der Waals surface area (Å²) in [5, 5.41) is 0. The zero-order chi connectivity index (χ0) is 27.4. The van der Waals surface area contributed by atoms with Crippen LogP contribution in [0.25, 0.3) is 0 Å². The number of sulfone groups is 1. The first-order chi connectivity index (χ1) is 17.3. The van der Waals surface area contributed by atoms with E-state index in [9.17, 15) is 34.8 Å². The first-order valence-electron chi connectivity index (χ1n) is 10.7. The number of ether oxygens (including phenoxy) is 1. The van der Waals surface area contributed by atoms with Crippen molar-refractivity contribution in [2.75, 3.05) is 27.2 Å². The lowest BCUT2D eigenvalue weighted by Crippen LogP contribution is -2.36. The molecule has 37 heavy (non-hydrogen) atoms. The summed E-state index contributed by atoms with van der Waals surface area (Å²) in [5.41, 5.74) is -1.22. The van der Waals surface area contributed by atoms with Crippen LogP contribution in [0, 0.1) is 0 Å². The molecule has 0 atom stereocenters. The van der Waals surface area contributed by atoms with Crippen molar-refractivity contribution in [2.45, 2.75) is 20.9 Å². The van der Waals surface area contributed by atoms with Crippen LogP contribution in [0.5, 0.6) is 5.75 Å². The van der Waals surface area contributed by atoms with E-state index in [1.54, 1.807) is 18.2 Å². The number of carbonyl (C=O) groups excluding carboxylic acids is 1.